The van der Waals surface area contributed by atoms with Crippen molar-refractivity contribution in [2.45, 2.75) is 59.4 Å². The zero-order chi connectivity index (χ0) is 25.6. The minimum atomic E-state index is -1.04. The lowest BCUT2D eigenvalue weighted by Crippen LogP contribution is -2.19. The highest BCUT2D eigenvalue weighted by Crippen LogP contribution is 2.29. The first kappa shape index (κ1) is 27.8. The number of rotatable bonds is 16. The van der Waals surface area contributed by atoms with Crippen LogP contribution in [0.4, 0.5) is 5.82 Å². The highest BCUT2D eigenvalue weighted by atomic mass is 16.6. The average molecular weight is 490 g/mol. The van der Waals surface area contributed by atoms with Crippen molar-refractivity contribution in [3.05, 3.63) is 18.5 Å². The molecule has 0 saturated carbocycles. The zero-order valence-corrected chi connectivity index (χ0v) is 20.8. The predicted octanol–water partition coefficient (Wildman–Crippen LogP) is 3.74. The van der Waals surface area contributed by atoms with E-state index in [-0.39, 0.29) is 45.3 Å². The highest BCUT2D eigenvalue weighted by Gasteiger charge is 2.16. The van der Waals surface area contributed by atoms with Gasteiger partial charge in [-0.1, -0.05) is 13.8 Å². The molecule has 2 rings (SSSR count). The number of nitrogens with zero attached hydrogens (tertiary/aromatic N) is 4. The van der Waals surface area contributed by atoms with Gasteiger partial charge in [0, 0.05) is 18.3 Å². The lowest BCUT2D eigenvalue weighted by atomic mass is 10.2. The summed E-state index contributed by atoms with van der Waals surface area (Å²) < 4.78 is 18.2. The molecule has 0 spiro atoms. The molecule has 11 nitrogen and oxygen atoms in total. The van der Waals surface area contributed by atoms with Crippen LogP contribution in [-0.4, -0.2) is 70.3 Å². The van der Waals surface area contributed by atoms with E-state index in [0.717, 1.165) is 18.7 Å². The molecule has 2 N–H and O–H groups in total. The van der Waals surface area contributed by atoms with E-state index in [2.05, 4.69) is 29.1 Å². The number of nitrogens with one attached hydrogen (secondary N) is 1. The van der Waals surface area contributed by atoms with Gasteiger partial charge in [0.25, 0.3) is 0 Å². The molecule has 0 aliphatic heterocycles. The van der Waals surface area contributed by atoms with Crippen LogP contribution < -0.4 is 10.1 Å². The fourth-order valence-corrected chi connectivity index (χ4v) is 3.21. The second-order valence-corrected chi connectivity index (χ2v) is 7.56. The van der Waals surface area contributed by atoms with E-state index in [0.29, 0.717) is 22.7 Å². The first-order chi connectivity index (χ1) is 16.9. The molecule has 0 fully saturated rings. The van der Waals surface area contributed by atoms with Crippen LogP contribution >= 0.6 is 0 Å². The van der Waals surface area contributed by atoms with Gasteiger partial charge in [-0.25, -0.2) is 15.0 Å². The minimum Gasteiger partial charge on any atom is -0.487 e. The number of carboxylic acids is 1. The Kier molecular flexibility index (Phi) is 11.7. The predicted molar refractivity (Wildman–Crippen MR) is 134 cm³/mol. The Morgan fingerprint density at radius 3 is 2.57 bits per heavy atom. The third-order valence-corrected chi connectivity index (χ3v) is 5.10. The molecule has 2 aromatic rings. The summed E-state index contributed by atoms with van der Waals surface area (Å²) in [7, 11) is 0. The maximum atomic E-state index is 11.4. The lowest BCUT2D eigenvalue weighted by molar-refractivity contribution is -0.148. The number of aliphatic imine (C=N–C) groups is 1. The van der Waals surface area contributed by atoms with Crippen LogP contribution in [0.1, 0.15) is 53.4 Å². The summed E-state index contributed by atoms with van der Waals surface area (Å²) in [6.07, 6.45) is 6.76. The number of imidazole rings is 1. The summed E-state index contributed by atoms with van der Waals surface area (Å²) in [5.41, 5.74) is 1.35. The SMILES string of the molecule is CC=N/C(=C\C)n1cnc2cc(OCCOCCOC(=O)CCC(=O)O)c(NC(CC)CC)nc21. The van der Waals surface area contributed by atoms with Gasteiger partial charge < -0.3 is 24.6 Å². The van der Waals surface area contributed by atoms with Crippen molar-refractivity contribution in [2.24, 2.45) is 4.99 Å². The van der Waals surface area contributed by atoms with Crippen molar-refractivity contribution in [1.82, 2.24) is 14.5 Å². The molecule has 0 saturated heterocycles. The van der Waals surface area contributed by atoms with Gasteiger partial charge in [-0.15, -0.1) is 0 Å². The average Bonchev–Trinajstić information content (AvgIpc) is 3.26. The Balaban J connectivity index is 2.02. The van der Waals surface area contributed by atoms with E-state index in [4.69, 9.17) is 24.3 Å². The summed E-state index contributed by atoms with van der Waals surface area (Å²) in [4.78, 5) is 35.5. The number of hydrogen-bond acceptors (Lipinski definition) is 9. The largest absolute Gasteiger partial charge is 0.487 e. The van der Waals surface area contributed by atoms with Crippen molar-refractivity contribution in [3.63, 3.8) is 0 Å². The quantitative estimate of drug-likeness (QED) is 0.205. The summed E-state index contributed by atoms with van der Waals surface area (Å²) in [5.74, 6) is 0.316. The van der Waals surface area contributed by atoms with Crippen molar-refractivity contribution < 1.29 is 28.9 Å². The van der Waals surface area contributed by atoms with Crippen LogP contribution in [0.5, 0.6) is 5.75 Å². The molecule has 192 valence electrons. The first-order valence-corrected chi connectivity index (χ1v) is 11.8. The molecular formula is C24H35N5O6. The molecule has 0 radical (unpaired) electrons. The van der Waals surface area contributed by atoms with Gasteiger partial charge in [0.15, 0.2) is 17.2 Å². The second-order valence-electron chi connectivity index (χ2n) is 7.56. The molecular weight excluding hydrogens is 454 g/mol. The fourth-order valence-electron chi connectivity index (χ4n) is 3.21. The normalized spacial score (nSPS) is 12.0. The van der Waals surface area contributed by atoms with Gasteiger partial charge in [0.2, 0.25) is 0 Å². The molecule has 0 aliphatic rings. The molecule has 11 heteroatoms. The Bertz CT molecular complexity index is 1030. The van der Waals surface area contributed by atoms with Gasteiger partial charge in [0.1, 0.15) is 30.9 Å². The monoisotopic (exact) mass is 489 g/mol. The smallest absolute Gasteiger partial charge is 0.306 e. The van der Waals surface area contributed by atoms with Crippen LogP contribution in [0, 0.1) is 0 Å². The van der Waals surface area contributed by atoms with Gasteiger partial charge in [-0.05, 0) is 32.8 Å². The van der Waals surface area contributed by atoms with E-state index in [1.807, 2.05) is 30.6 Å². The Labute approximate surface area is 205 Å². The molecule has 0 unspecified atom stereocenters. The third kappa shape index (κ3) is 8.67. The van der Waals surface area contributed by atoms with Crippen LogP contribution in [-0.2, 0) is 19.1 Å². The Morgan fingerprint density at radius 1 is 1.17 bits per heavy atom. The first-order valence-electron chi connectivity index (χ1n) is 11.8. The Morgan fingerprint density at radius 2 is 1.91 bits per heavy atom. The van der Waals surface area contributed by atoms with Crippen LogP contribution in [0.3, 0.4) is 0 Å². The molecule has 35 heavy (non-hydrogen) atoms. The molecule has 0 aliphatic carbocycles. The Hall–Kier alpha value is -3.47. The fraction of sp³-hybridized carbons (Fsp3) is 0.542. The lowest BCUT2D eigenvalue weighted by Gasteiger charge is -2.19. The van der Waals surface area contributed by atoms with Gasteiger partial charge >= 0.3 is 11.9 Å². The van der Waals surface area contributed by atoms with E-state index in [9.17, 15) is 9.59 Å². The van der Waals surface area contributed by atoms with Gasteiger partial charge in [0.05, 0.1) is 26.1 Å². The van der Waals surface area contributed by atoms with Crippen LogP contribution in [0.2, 0.25) is 0 Å². The molecule has 0 atom stereocenters. The van der Waals surface area contributed by atoms with E-state index in [1.165, 1.54) is 0 Å². The molecule has 0 bridgehead atoms. The third-order valence-electron chi connectivity index (χ3n) is 5.10. The van der Waals surface area contributed by atoms with Crippen LogP contribution in [0.15, 0.2) is 23.5 Å². The second kappa shape index (κ2) is 14.7. The van der Waals surface area contributed by atoms with E-state index < -0.39 is 11.9 Å². The standard InChI is InChI=1S/C24H35N5O6/c1-5-17(6-2)27-23-19(34-13-11-33-12-14-35-22(32)10-9-21(30)31)15-18-24(28-23)29(16-26-18)20(7-3)25-8-4/h7-8,15-17H,5-6,9-14H2,1-4H3,(H,27,28)(H,30,31)/b20-7+,25-8?. The number of pyridine rings is 1. The number of hydrogen-bond donors (Lipinski definition) is 2. The van der Waals surface area contributed by atoms with Crippen molar-refractivity contribution >= 4 is 41.0 Å². The molecule has 2 heterocycles. The number of carbonyl (C=O) groups is 2. The minimum absolute atomic E-state index is 0.0540. The number of carboxylic acid groups (broad SMARTS) is 1. The zero-order valence-electron chi connectivity index (χ0n) is 20.8. The highest BCUT2D eigenvalue weighted by molar-refractivity contribution is 5.81. The summed E-state index contributed by atoms with van der Waals surface area (Å²) in [6, 6.07) is 2.08. The number of fused-ring (bicyclic) bond motifs is 1. The van der Waals surface area contributed by atoms with Gasteiger partial charge in [-0.2, -0.15) is 0 Å². The number of aliphatic carboxylic acids is 1. The number of allylic oxidation sites excluding steroid dienone is 1. The number of ether oxygens (including phenoxy) is 3. The molecule has 0 aromatic carbocycles. The number of aromatic nitrogens is 3. The molecule has 0 amide bonds. The van der Waals surface area contributed by atoms with E-state index >= 15 is 0 Å². The summed E-state index contributed by atoms with van der Waals surface area (Å²) in [6.45, 7) is 8.77. The van der Waals surface area contributed by atoms with Crippen molar-refractivity contribution in [3.8, 4) is 5.75 Å². The maximum absolute atomic E-state index is 11.4. The van der Waals surface area contributed by atoms with Gasteiger partial charge in [-0.3, -0.25) is 14.2 Å². The number of esters is 1. The maximum Gasteiger partial charge on any atom is 0.306 e. The number of anilines is 1. The van der Waals surface area contributed by atoms with Crippen molar-refractivity contribution in [2.75, 3.05) is 31.7 Å². The van der Waals surface area contributed by atoms with Crippen molar-refractivity contribution in [1.29, 1.82) is 0 Å². The summed E-state index contributed by atoms with van der Waals surface area (Å²) >= 11 is 0. The summed E-state index contributed by atoms with van der Waals surface area (Å²) in [5, 5.41) is 12.0. The van der Waals surface area contributed by atoms with Crippen LogP contribution in [0.25, 0.3) is 17.0 Å². The molecule has 2 aromatic heterocycles. The topological polar surface area (TPSA) is 137 Å². The number of carbonyl (C=O) groups excluding carboxylic acids is 1. The van der Waals surface area contributed by atoms with E-state index in [1.54, 1.807) is 12.5 Å².